The summed E-state index contributed by atoms with van der Waals surface area (Å²) < 4.78 is 0. The summed E-state index contributed by atoms with van der Waals surface area (Å²) in [6.45, 7) is 4.69. The lowest BCUT2D eigenvalue weighted by atomic mass is 9.82. The number of rotatable bonds is 7. The molecule has 0 saturated heterocycles. The Labute approximate surface area is 357 Å². The van der Waals surface area contributed by atoms with Gasteiger partial charge in [0, 0.05) is 22.1 Å². The molecule has 0 amide bonds. The molecule has 10 aromatic rings. The second-order valence-electron chi connectivity index (χ2n) is 16.5. The summed E-state index contributed by atoms with van der Waals surface area (Å²) in [6, 6.07) is 78.5. The van der Waals surface area contributed by atoms with Crippen molar-refractivity contribution in [3.63, 3.8) is 0 Å². The summed E-state index contributed by atoms with van der Waals surface area (Å²) in [5.41, 5.74) is 19.8. The Hall–Kier alpha value is -7.68. The number of aromatic nitrogens is 2. The number of fused-ring (bicyclic) bond motifs is 4. The zero-order valence-electron chi connectivity index (χ0n) is 34.2. The second kappa shape index (κ2) is 14.9. The van der Waals surface area contributed by atoms with E-state index in [0.29, 0.717) is 5.82 Å². The molecule has 288 valence electrons. The molecular formula is C59H42N2. The van der Waals surface area contributed by atoms with Crippen molar-refractivity contribution >= 4 is 10.8 Å². The van der Waals surface area contributed by atoms with Crippen LogP contribution < -0.4 is 0 Å². The first-order valence-electron chi connectivity index (χ1n) is 21.1. The Morgan fingerprint density at radius 1 is 0.295 bits per heavy atom. The third kappa shape index (κ3) is 6.36. The molecule has 2 nitrogen and oxygen atoms in total. The lowest BCUT2D eigenvalue weighted by Gasteiger charge is -2.21. The van der Waals surface area contributed by atoms with Crippen LogP contribution in [-0.2, 0) is 5.41 Å². The molecule has 9 aromatic carbocycles. The molecule has 61 heavy (non-hydrogen) atoms. The predicted molar refractivity (Wildman–Crippen MR) is 255 cm³/mol. The Morgan fingerprint density at radius 3 is 1.48 bits per heavy atom. The highest BCUT2D eigenvalue weighted by Crippen LogP contribution is 2.52. The van der Waals surface area contributed by atoms with Gasteiger partial charge in [-0.25, -0.2) is 9.97 Å². The molecule has 0 bridgehead atoms. The van der Waals surface area contributed by atoms with Crippen LogP contribution in [0.15, 0.2) is 218 Å². The summed E-state index contributed by atoms with van der Waals surface area (Å²) >= 11 is 0. The molecule has 2 heteroatoms. The number of benzene rings is 9. The van der Waals surface area contributed by atoms with E-state index in [-0.39, 0.29) is 5.41 Å². The largest absolute Gasteiger partial charge is 0.228 e. The summed E-state index contributed by atoms with van der Waals surface area (Å²) in [5, 5.41) is 2.33. The maximum atomic E-state index is 5.31. The first-order valence-corrected chi connectivity index (χ1v) is 21.1. The lowest BCUT2D eigenvalue weighted by molar-refractivity contribution is 0.660. The van der Waals surface area contributed by atoms with Crippen LogP contribution in [-0.4, -0.2) is 9.97 Å². The Balaban J connectivity index is 1.03. The van der Waals surface area contributed by atoms with E-state index in [9.17, 15) is 0 Å². The fourth-order valence-corrected chi connectivity index (χ4v) is 9.47. The second-order valence-corrected chi connectivity index (χ2v) is 16.5. The van der Waals surface area contributed by atoms with E-state index < -0.39 is 0 Å². The smallest absolute Gasteiger partial charge is 0.160 e. The van der Waals surface area contributed by atoms with E-state index in [1.165, 1.54) is 55.5 Å². The van der Waals surface area contributed by atoms with Gasteiger partial charge in [0.1, 0.15) is 0 Å². The van der Waals surface area contributed by atoms with Crippen LogP contribution in [0.5, 0.6) is 0 Å². The van der Waals surface area contributed by atoms with Gasteiger partial charge in [0.25, 0.3) is 0 Å². The van der Waals surface area contributed by atoms with E-state index in [4.69, 9.17) is 9.97 Å². The minimum Gasteiger partial charge on any atom is -0.228 e. The number of hydrogen-bond acceptors (Lipinski definition) is 2. The van der Waals surface area contributed by atoms with Crippen molar-refractivity contribution in [2.75, 3.05) is 0 Å². The van der Waals surface area contributed by atoms with Gasteiger partial charge in [-0.3, -0.25) is 0 Å². The van der Waals surface area contributed by atoms with Crippen molar-refractivity contribution < 1.29 is 0 Å². The molecule has 0 aliphatic heterocycles. The molecule has 0 atom stereocenters. The van der Waals surface area contributed by atoms with Crippen LogP contribution in [0, 0.1) is 0 Å². The highest BCUT2D eigenvalue weighted by molar-refractivity contribution is 6.05. The molecule has 0 fully saturated rings. The van der Waals surface area contributed by atoms with Crippen molar-refractivity contribution in [3.05, 3.63) is 230 Å². The lowest BCUT2D eigenvalue weighted by Crippen LogP contribution is -2.14. The van der Waals surface area contributed by atoms with Crippen LogP contribution in [0.2, 0.25) is 0 Å². The molecule has 1 aromatic heterocycles. The highest BCUT2D eigenvalue weighted by atomic mass is 14.9. The molecule has 11 rings (SSSR count). The van der Waals surface area contributed by atoms with E-state index in [0.717, 1.165) is 50.2 Å². The van der Waals surface area contributed by atoms with E-state index in [1.54, 1.807) is 0 Å². The van der Waals surface area contributed by atoms with Gasteiger partial charge >= 0.3 is 0 Å². The van der Waals surface area contributed by atoms with Gasteiger partial charge in [0.15, 0.2) is 5.82 Å². The number of hydrogen-bond donors (Lipinski definition) is 0. The van der Waals surface area contributed by atoms with Crippen LogP contribution in [0.25, 0.3) is 100 Å². The summed E-state index contributed by atoms with van der Waals surface area (Å²) in [7, 11) is 0. The zero-order chi connectivity index (χ0) is 40.9. The van der Waals surface area contributed by atoms with Crippen molar-refractivity contribution in [2.24, 2.45) is 0 Å². The maximum Gasteiger partial charge on any atom is 0.160 e. The normalized spacial score (nSPS) is 12.6. The fraction of sp³-hybridized carbons (Fsp3) is 0.0508. The van der Waals surface area contributed by atoms with Crippen molar-refractivity contribution in [1.29, 1.82) is 0 Å². The minimum atomic E-state index is -0.0357. The monoisotopic (exact) mass is 778 g/mol. The molecule has 1 aliphatic carbocycles. The molecule has 0 unspecified atom stereocenters. The minimum absolute atomic E-state index is 0.0357. The predicted octanol–water partition coefficient (Wildman–Crippen LogP) is 15.6. The average Bonchev–Trinajstić information content (AvgIpc) is 3.57. The first-order chi connectivity index (χ1) is 30.0. The van der Waals surface area contributed by atoms with Crippen LogP contribution in [0.1, 0.15) is 25.0 Å². The first kappa shape index (κ1) is 36.4. The molecule has 0 spiro atoms. The van der Waals surface area contributed by atoms with Gasteiger partial charge in [-0.05, 0) is 89.7 Å². The summed E-state index contributed by atoms with van der Waals surface area (Å²) in [6.07, 6.45) is 0. The molecule has 1 aliphatic rings. The maximum absolute atomic E-state index is 5.31. The highest BCUT2D eigenvalue weighted by Gasteiger charge is 2.36. The average molecular weight is 779 g/mol. The van der Waals surface area contributed by atoms with Gasteiger partial charge in [-0.1, -0.05) is 220 Å². The molecular weight excluding hydrogens is 737 g/mol. The molecule has 0 saturated carbocycles. The third-order valence-electron chi connectivity index (χ3n) is 12.6. The quantitative estimate of drug-likeness (QED) is 0.161. The van der Waals surface area contributed by atoms with Gasteiger partial charge in [0.2, 0.25) is 0 Å². The van der Waals surface area contributed by atoms with Gasteiger partial charge in [-0.2, -0.15) is 0 Å². The SMILES string of the molecule is CC1(C)c2ccccc2-c2c(-c3ccc(-c4ccc(-c5cc(-c6ccc(-c7ccccc7)cc6-c6ccccc6)nc(-c6ccccc6)n5)c5ccccc45)cc3)cccc21. The topological polar surface area (TPSA) is 25.8 Å². The van der Waals surface area contributed by atoms with Gasteiger partial charge in [-0.15, -0.1) is 0 Å². The summed E-state index contributed by atoms with van der Waals surface area (Å²) in [5.74, 6) is 0.696. The van der Waals surface area contributed by atoms with E-state index >= 15 is 0 Å². The van der Waals surface area contributed by atoms with Crippen LogP contribution >= 0.6 is 0 Å². The standard InChI is InChI=1S/C59H42N2/c1-59(2)53-27-15-14-25-51(53)57-46(26-16-28-54(57)59)42-31-29-41(30-32-42)45-35-36-49(48-24-13-12-23-47(45)48)55-38-56(61-58(60-55)43-21-10-5-11-22-43)50-34-33-44(39-17-6-3-7-18-39)37-52(50)40-19-8-4-9-20-40/h3-38H,1-2H3. The Bertz CT molecular complexity index is 3240. The van der Waals surface area contributed by atoms with E-state index in [2.05, 4.69) is 226 Å². The van der Waals surface area contributed by atoms with Crippen molar-refractivity contribution in [1.82, 2.24) is 9.97 Å². The fourth-order valence-electron chi connectivity index (χ4n) is 9.47. The van der Waals surface area contributed by atoms with Crippen molar-refractivity contribution in [3.8, 4) is 89.5 Å². The van der Waals surface area contributed by atoms with Crippen molar-refractivity contribution in [2.45, 2.75) is 19.3 Å². The van der Waals surface area contributed by atoms with E-state index in [1.807, 2.05) is 6.07 Å². The summed E-state index contributed by atoms with van der Waals surface area (Å²) in [4.78, 5) is 10.6. The number of nitrogens with zero attached hydrogens (tertiary/aromatic N) is 2. The molecule has 0 radical (unpaired) electrons. The molecule has 0 N–H and O–H groups in total. The zero-order valence-corrected chi connectivity index (χ0v) is 34.2. The Morgan fingerprint density at radius 2 is 0.770 bits per heavy atom. The Kier molecular flexibility index (Phi) is 8.86. The van der Waals surface area contributed by atoms with Crippen LogP contribution in [0.3, 0.4) is 0 Å². The van der Waals surface area contributed by atoms with Crippen LogP contribution in [0.4, 0.5) is 0 Å². The molecule has 1 heterocycles. The third-order valence-corrected chi connectivity index (χ3v) is 12.6. The van der Waals surface area contributed by atoms with Gasteiger partial charge < -0.3 is 0 Å². The van der Waals surface area contributed by atoms with Gasteiger partial charge in [0.05, 0.1) is 11.4 Å².